The number of hydrogen-bond donors (Lipinski definition) is 1. The number of aryl methyl sites for hydroxylation is 2. The Bertz CT molecular complexity index is 1390. The summed E-state index contributed by atoms with van der Waals surface area (Å²) >= 11 is 5.86. The molecule has 0 fully saturated rings. The summed E-state index contributed by atoms with van der Waals surface area (Å²) in [5, 5.41) is 8.49. The van der Waals surface area contributed by atoms with Crippen LogP contribution in [0.1, 0.15) is 16.8 Å². The van der Waals surface area contributed by atoms with E-state index in [4.69, 9.17) is 21.3 Å². The zero-order valence-electron chi connectivity index (χ0n) is 18.4. The van der Waals surface area contributed by atoms with Gasteiger partial charge in [0.15, 0.2) is 0 Å². The van der Waals surface area contributed by atoms with Gasteiger partial charge in [-0.25, -0.2) is 9.97 Å². The predicted molar refractivity (Wildman–Crippen MR) is 130 cm³/mol. The van der Waals surface area contributed by atoms with Crippen LogP contribution in [0.15, 0.2) is 73.1 Å². The zero-order valence-corrected chi connectivity index (χ0v) is 19.1. The first-order valence-corrected chi connectivity index (χ1v) is 11.0. The van der Waals surface area contributed by atoms with E-state index < -0.39 is 0 Å². The van der Waals surface area contributed by atoms with E-state index in [1.165, 1.54) is 5.56 Å². The predicted octanol–water partition coefficient (Wildman–Crippen LogP) is 5.35. The van der Waals surface area contributed by atoms with Gasteiger partial charge in [-0.2, -0.15) is 5.10 Å². The molecule has 1 N–H and O–H groups in total. The fourth-order valence-electron chi connectivity index (χ4n) is 3.67. The first-order chi connectivity index (χ1) is 16.0. The van der Waals surface area contributed by atoms with Gasteiger partial charge < -0.3 is 14.6 Å². The number of nitrogens with zero attached hydrogens (tertiary/aromatic N) is 5. The molecule has 5 rings (SSSR count). The molecule has 0 radical (unpaired) electrons. The molecule has 0 amide bonds. The highest BCUT2D eigenvalue weighted by Gasteiger charge is 2.10. The van der Waals surface area contributed by atoms with E-state index in [1.807, 2.05) is 55.3 Å². The van der Waals surface area contributed by atoms with Gasteiger partial charge in [-0.1, -0.05) is 29.8 Å². The van der Waals surface area contributed by atoms with Crippen molar-refractivity contribution in [2.45, 2.75) is 13.0 Å². The number of imidazole rings is 1. The summed E-state index contributed by atoms with van der Waals surface area (Å²) in [7, 11) is 3.96. The number of fused-ring (bicyclic) bond motifs is 1. The zero-order chi connectivity index (χ0) is 22.8. The van der Waals surface area contributed by atoms with Gasteiger partial charge >= 0.3 is 0 Å². The normalized spacial score (nSPS) is 11.1. The molecule has 166 valence electrons. The van der Waals surface area contributed by atoms with Crippen LogP contribution in [0.25, 0.3) is 11.0 Å². The molecule has 0 unspecified atom stereocenters. The molecule has 8 heteroatoms. The van der Waals surface area contributed by atoms with E-state index in [0.29, 0.717) is 17.4 Å². The monoisotopic (exact) mass is 458 g/mol. The highest BCUT2D eigenvalue weighted by molar-refractivity contribution is 6.30. The molecule has 0 saturated heterocycles. The summed E-state index contributed by atoms with van der Waals surface area (Å²) in [5.74, 6) is 2.05. The summed E-state index contributed by atoms with van der Waals surface area (Å²) < 4.78 is 9.66. The van der Waals surface area contributed by atoms with Gasteiger partial charge in [0.1, 0.15) is 5.75 Å². The summed E-state index contributed by atoms with van der Waals surface area (Å²) in [6.07, 6.45) is 4.32. The Balaban J connectivity index is 1.25. The van der Waals surface area contributed by atoms with E-state index in [1.54, 1.807) is 18.3 Å². The van der Waals surface area contributed by atoms with E-state index in [0.717, 1.165) is 40.4 Å². The van der Waals surface area contributed by atoms with Crippen LogP contribution in [-0.4, -0.2) is 24.3 Å². The minimum Gasteiger partial charge on any atom is -0.439 e. The summed E-state index contributed by atoms with van der Waals surface area (Å²) in [4.78, 5) is 8.90. The van der Waals surface area contributed by atoms with Crippen molar-refractivity contribution in [3.8, 4) is 11.6 Å². The van der Waals surface area contributed by atoms with Crippen LogP contribution in [0.5, 0.6) is 11.6 Å². The minimum atomic E-state index is 0.507. The lowest BCUT2D eigenvalue weighted by molar-refractivity contribution is 0.463. The topological polar surface area (TPSA) is 69.8 Å². The average molecular weight is 459 g/mol. The maximum Gasteiger partial charge on any atom is 0.219 e. The Morgan fingerprint density at radius 2 is 1.79 bits per heavy atom. The second-order valence-corrected chi connectivity index (χ2v) is 8.33. The largest absolute Gasteiger partial charge is 0.439 e. The summed E-state index contributed by atoms with van der Waals surface area (Å²) in [5.41, 5.74) is 5.43. The lowest BCUT2D eigenvalue weighted by Gasteiger charge is -2.08. The second kappa shape index (κ2) is 8.96. The van der Waals surface area contributed by atoms with Gasteiger partial charge in [-0.15, -0.1) is 0 Å². The molecule has 3 heterocycles. The van der Waals surface area contributed by atoms with Gasteiger partial charge in [0.25, 0.3) is 0 Å². The van der Waals surface area contributed by atoms with Gasteiger partial charge in [-0.3, -0.25) is 4.68 Å². The van der Waals surface area contributed by atoms with Crippen LogP contribution in [0.2, 0.25) is 5.02 Å². The number of halogens is 1. The van der Waals surface area contributed by atoms with Crippen molar-refractivity contribution in [2.24, 2.45) is 14.1 Å². The standard InChI is InChI=1S/C25H23ClN6O/c1-31-12-11-20(30-31)13-18-5-9-22-23(14-18)32(2)25(29-22)28-15-17-3-7-21(8-4-17)33-24-10-6-19(26)16-27-24/h3-12,14,16H,13,15H2,1-2H3,(H,28,29). The van der Waals surface area contributed by atoms with Crippen molar-refractivity contribution >= 4 is 28.6 Å². The fourth-order valence-corrected chi connectivity index (χ4v) is 3.78. The molecule has 33 heavy (non-hydrogen) atoms. The number of benzene rings is 2. The van der Waals surface area contributed by atoms with Gasteiger partial charge in [0, 0.05) is 45.5 Å². The maximum absolute atomic E-state index is 5.86. The van der Waals surface area contributed by atoms with Gasteiger partial charge in [0.2, 0.25) is 11.8 Å². The Labute approximate surface area is 196 Å². The number of rotatable bonds is 7. The van der Waals surface area contributed by atoms with E-state index in [9.17, 15) is 0 Å². The van der Waals surface area contributed by atoms with Crippen molar-refractivity contribution in [1.82, 2.24) is 24.3 Å². The van der Waals surface area contributed by atoms with Gasteiger partial charge in [0.05, 0.1) is 21.7 Å². The smallest absolute Gasteiger partial charge is 0.219 e. The highest BCUT2D eigenvalue weighted by atomic mass is 35.5. The van der Waals surface area contributed by atoms with Crippen LogP contribution >= 0.6 is 11.6 Å². The van der Waals surface area contributed by atoms with Crippen LogP contribution in [0, 0.1) is 0 Å². The molecule has 5 aromatic rings. The lowest BCUT2D eigenvalue weighted by Crippen LogP contribution is -2.05. The summed E-state index contributed by atoms with van der Waals surface area (Å²) in [6.45, 7) is 0.650. The molecule has 3 aromatic heterocycles. The first kappa shape index (κ1) is 21.0. The first-order valence-electron chi connectivity index (χ1n) is 10.6. The minimum absolute atomic E-state index is 0.507. The molecule has 0 bridgehead atoms. The number of pyridine rings is 1. The van der Waals surface area contributed by atoms with E-state index in [-0.39, 0.29) is 0 Å². The van der Waals surface area contributed by atoms with Crippen LogP contribution < -0.4 is 10.1 Å². The van der Waals surface area contributed by atoms with Crippen LogP contribution in [-0.2, 0) is 27.1 Å². The summed E-state index contributed by atoms with van der Waals surface area (Å²) in [6, 6.07) is 19.8. The van der Waals surface area contributed by atoms with E-state index in [2.05, 4.69) is 38.2 Å². The Morgan fingerprint density at radius 3 is 2.52 bits per heavy atom. The molecular weight excluding hydrogens is 436 g/mol. The van der Waals surface area contributed by atoms with Crippen molar-refractivity contribution < 1.29 is 4.74 Å². The molecular formula is C25H23ClN6O. The molecule has 0 saturated carbocycles. The number of hydrogen-bond acceptors (Lipinski definition) is 5. The van der Waals surface area contributed by atoms with Crippen molar-refractivity contribution in [3.63, 3.8) is 0 Å². The Hall–Kier alpha value is -3.84. The third-order valence-corrected chi connectivity index (χ3v) is 5.62. The lowest BCUT2D eigenvalue weighted by atomic mass is 10.1. The quantitative estimate of drug-likeness (QED) is 0.356. The highest BCUT2D eigenvalue weighted by Crippen LogP contribution is 2.23. The SMILES string of the molecule is Cn1ccc(Cc2ccc3nc(NCc4ccc(Oc5ccc(Cl)cn5)cc4)n(C)c3c2)n1. The molecule has 7 nitrogen and oxygen atoms in total. The number of anilines is 1. The van der Waals surface area contributed by atoms with Crippen molar-refractivity contribution in [2.75, 3.05) is 5.32 Å². The Kier molecular flexibility index (Phi) is 5.71. The number of aromatic nitrogens is 5. The fraction of sp³-hybridized carbons (Fsp3) is 0.160. The molecule has 0 atom stereocenters. The molecule has 0 aliphatic carbocycles. The average Bonchev–Trinajstić information content (AvgIpc) is 3.37. The van der Waals surface area contributed by atoms with Crippen molar-refractivity contribution in [3.05, 3.63) is 94.9 Å². The third-order valence-electron chi connectivity index (χ3n) is 5.40. The molecule has 0 aliphatic rings. The van der Waals surface area contributed by atoms with E-state index >= 15 is 0 Å². The second-order valence-electron chi connectivity index (χ2n) is 7.89. The van der Waals surface area contributed by atoms with Crippen LogP contribution in [0.4, 0.5) is 5.95 Å². The molecule has 0 spiro atoms. The van der Waals surface area contributed by atoms with Crippen LogP contribution in [0.3, 0.4) is 0 Å². The Morgan fingerprint density at radius 1 is 0.970 bits per heavy atom. The maximum atomic E-state index is 5.86. The molecule has 0 aliphatic heterocycles. The number of nitrogens with one attached hydrogen (secondary N) is 1. The van der Waals surface area contributed by atoms with Gasteiger partial charge in [-0.05, 0) is 47.5 Å². The number of ether oxygens (including phenoxy) is 1. The molecule has 2 aromatic carbocycles. The van der Waals surface area contributed by atoms with Crippen molar-refractivity contribution in [1.29, 1.82) is 0 Å². The third kappa shape index (κ3) is 4.83.